The Hall–Kier alpha value is 0.0969. The molecule has 0 bridgehead atoms. The largest absolute Gasteiger partial charge is 0.435 e. The van der Waals surface area contributed by atoms with Crippen LogP contribution >= 0.6 is 0 Å². The van der Waals surface area contributed by atoms with Crippen LogP contribution in [-0.4, -0.2) is 39.8 Å². The number of ether oxygens (including phenoxy) is 2. The second-order valence-electron chi connectivity index (χ2n) is 3.02. The molecule has 1 saturated heterocycles. The van der Waals surface area contributed by atoms with E-state index in [1.54, 1.807) is 0 Å². The molecule has 0 amide bonds. The van der Waals surface area contributed by atoms with Crippen molar-refractivity contribution in [1.29, 1.82) is 0 Å². The fourth-order valence-electron chi connectivity index (χ4n) is 0.860. The van der Waals surface area contributed by atoms with Crippen molar-refractivity contribution in [2.75, 3.05) is 19.8 Å². The molecule has 0 aromatic rings. The normalized spacial score (nSPS) is 25.1. The molecule has 2 unspecified atom stereocenters. The Bertz CT molecular complexity index is 99.9. The molecule has 3 nitrogen and oxygen atoms in total. The molecule has 11 heavy (non-hydrogen) atoms. The molecule has 0 aromatic heterocycles. The lowest BCUT2D eigenvalue weighted by Gasteiger charge is -2.02. The zero-order valence-electron chi connectivity index (χ0n) is 6.95. The predicted octanol–water partition coefficient (Wildman–Crippen LogP) is 0.138. The molecule has 1 heterocycles. The van der Waals surface area contributed by atoms with E-state index < -0.39 is 9.04 Å². The summed E-state index contributed by atoms with van der Waals surface area (Å²) in [6, 6.07) is 0.964. The van der Waals surface area contributed by atoms with Crippen molar-refractivity contribution < 1.29 is 14.3 Å². The van der Waals surface area contributed by atoms with Gasteiger partial charge in [0.2, 0.25) is 0 Å². The Balaban J connectivity index is 1.73. The van der Waals surface area contributed by atoms with Gasteiger partial charge in [-0.3, -0.25) is 0 Å². The van der Waals surface area contributed by atoms with Gasteiger partial charge in [-0.1, -0.05) is 0 Å². The second kappa shape index (κ2) is 4.87. The van der Waals surface area contributed by atoms with Crippen molar-refractivity contribution >= 4 is 9.04 Å². The number of hydrogen-bond donors (Lipinski definition) is 1. The van der Waals surface area contributed by atoms with E-state index in [9.17, 15) is 0 Å². The second-order valence-corrected chi connectivity index (χ2v) is 5.30. The van der Waals surface area contributed by atoms with Crippen molar-refractivity contribution in [3.63, 3.8) is 0 Å². The Morgan fingerprint density at radius 1 is 1.73 bits per heavy atom. The van der Waals surface area contributed by atoms with Crippen LogP contribution in [-0.2, 0) is 9.47 Å². The molecule has 1 aliphatic heterocycles. The third-order valence-electron chi connectivity index (χ3n) is 1.62. The van der Waals surface area contributed by atoms with E-state index in [1.165, 1.54) is 0 Å². The van der Waals surface area contributed by atoms with Gasteiger partial charge in [-0.2, -0.15) is 0 Å². The van der Waals surface area contributed by atoms with Crippen molar-refractivity contribution in [2.24, 2.45) is 0 Å². The topological polar surface area (TPSA) is 42.0 Å². The van der Waals surface area contributed by atoms with Crippen LogP contribution in [0.4, 0.5) is 0 Å². The summed E-state index contributed by atoms with van der Waals surface area (Å²) < 4.78 is 10.3. The first kappa shape index (κ1) is 9.19. The van der Waals surface area contributed by atoms with Gasteiger partial charge in [-0.25, -0.2) is 0 Å². The van der Waals surface area contributed by atoms with Crippen LogP contribution in [0, 0.1) is 0 Å². The molecule has 4 heteroatoms. The van der Waals surface area contributed by atoms with Gasteiger partial charge < -0.3 is 14.3 Å². The highest BCUT2D eigenvalue weighted by Crippen LogP contribution is 2.08. The molecule has 1 aliphatic rings. The molecule has 0 spiro atoms. The first-order valence-corrected chi connectivity index (χ1v) is 6.65. The molecular formula is C7H16O3Si. The molecule has 2 atom stereocenters. The average Bonchev–Trinajstić information content (AvgIpc) is 2.70. The minimum Gasteiger partial charge on any atom is -0.435 e. The zero-order chi connectivity index (χ0) is 8.10. The van der Waals surface area contributed by atoms with Crippen LogP contribution in [0.5, 0.6) is 0 Å². The van der Waals surface area contributed by atoms with E-state index in [0.717, 1.165) is 32.3 Å². The van der Waals surface area contributed by atoms with E-state index in [4.69, 9.17) is 14.3 Å². The Kier molecular flexibility index (Phi) is 4.07. The van der Waals surface area contributed by atoms with E-state index in [-0.39, 0.29) is 0 Å². The highest BCUT2D eigenvalue weighted by molar-refractivity contribution is 6.48. The van der Waals surface area contributed by atoms with Crippen LogP contribution in [0.2, 0.25) is 12.6 Å². The maximum absolute atomic E-state index is 9.03. The van der Waals surface area contributed by atoms with Gasteiger partial charge in [0, 0.05) is 6.61 Å². The standard InChI is InChI=1S/C7H16O3Si/c1-11(8)4-2-3-9-5-7-6-10-7/h7-8,11H,2-6H2,1H3. The smallest absolute Gasteiger partial charge is 0.169 e. The van der Waals surface area contributed by atoms with Gasteiger partial charge in [0.15, 0.2) is 9.04 Å². The lowest BCUT2D eigenvalue weighted by molar-refractivity contribution is 0.116. The summed E-state index contributed by atoms with van der Waals surface area (Å²) in [5.41, 5.74) is 0. The first-order chi connectivity index (χ1) is 5.29. The molecule has 0 radical (unpaired) electrons. The fraction of sp³-hybridized carbons (Fsp3) is 1.00. The Morgan fingerprint density at radius 2 is 2.45 bits per heavy atom. The van der Waals surface area contributed by atoms with Crippen LogP contribution in [0.3, 0.4) is 0 Å². The summed E-state index contributed by atoms with van der Waals surface area (Å²) in [4.78, 5) is 9.03. The summed E-state index contributed by atoms with van der Waals surface area (Å²) in [5.74, 6) is 0. The quantitative estimate of drug-likeness (QED) is 0.355. The summed E-state index contributed by atoms with van der Waals surface area (Å²) in [6.07, 6.45) is 1.37. The first-order valence-electron chi connectivity index (χ1n) is 4.16. The van der Waals surface area contributed by atoms with Crippen LogP contribution in [0.25, 0.3) is 0 Å². The van der Waals surface area contributed by atoms with Gasteiger partial charge in [0.25, 0.3) is 0 Å². The molecule has 1 N–H and O–H groups in total. The zero-order valence-corrected chi connectivity index (χ0v) is 8.11. The van der Waals surface area contributed by atoms with E-state index in [2.05, 4.69) is 0 Å². The summed E-state index contributed by atoms with van der Waals surface area (Å²) in [7, 11) is -1.33. The highest BCUT2D eigenvalue weighted by atomic mass is 28.3. The predicted molar refractivity (Wildman–Crippen MR) is 45.2 cm³/mol. The Morgan fingerprint density at radius 3 is 3.00 bits per heavy atom. The SMILES string of the molecule is C[SiH](O)CCCOCC1CO1. The van der Waals surface area contributed by atoms with E-state index in [0.29, 0.717) is 6.10 Å². The van der Waals surface area contributed by atoms with Gasteiger partial charge in [-0.15, -0.1) is 0 Å². The maximum Gasteiger partial charge on any atom is 0.169 e. The minimum atomic E-state index is -1.33. The van der Waals surface area contributed by atoms with Gasteiger partial charge in [-0.05, 0) is 19.0 Å². The molecule has 66 valence electrons. The highest BCUT2D eigenvalue weighted by Gasteiger charge is 2.21. The van der Waals surface area contributed by atoms with E-state index >= 15 is 0 Å². The van der Waals surface area contributed by atoms with Crippen LogP contribution in [0.15, 0.2) is 0 Å². The van der Waals surface area contributed by atoms with Crippen molar-refractivity contribution in [3.8, 4) is 0 Å². The van der Waals surface area contributed by atoms with Crippen molar-refractivity contribution in [1.82, 2.24) is 0 Å². The number of hydrogen-bond acceptors (Lipinski definition) is 3. The lowest BCUT2D eigenvalue weighted by atomic mass is 10.5. The minimum absolute atomic E-state index is 0.374. The molecule has 0 aromatic carbocycles. The average molecular weight is 176 g/mol. The molecule has 0 saturated carbocycles. The molecular weight excluding hydrogens is 160 g/mol. The molecule has 0 aliphatic carbocycles. The Labute approximate surface area is 69.0 Å². The third kappa shape index (κ3) is 5.38. The monoisotopic (exact) mass is 176 g/mol. The van der Waals surface area contributed by atoms with Crippen molar-refractivity contribution in [3.05, 3.63) is 0 Å². The fourth-order valence-corrected chi connectivity index (χ4v) is 1.62. The summed E-state index contributed by atoms with van der Waals surface area (Å²) in [5, 5.41) is 0. The number of rotatable bonds is 6. The van der Waals surface area contributed by atoms with Crippen LogP contribution < -0.4 is 0 Å². The molecule has 1 fully saturated rings. The van der Waals surface area contributed by atoms with Gasteiger partial charge in [0.05, 0.1) is 13.2 Å². The van der Waals surface area contributed by atoms with Crippen molar-refractivity contribution in [2.45, 2.75) is 25.1 Å². The van der Waals surface area contributed by atoms with Crippen LogP contribution in [0.1, 0.15) is 6.42 Å². The lowest BCUT2D eigenvalue weighted by Crippen LogP contribution is -2.08. The van der Waals surface area contributed by atoms with Gasteiger partial charge in [0.1, 0.15) is 6.10 Å². The van der Waals surface area contributed by atoms with E-state index in [1.807, 2.05) is 6.55 Å². The summed E-state index contributed by atoms with van der Waals surface area (Å²) in [6.45, 7) is 4.31. The number of epoxide rings is 1. The third-order valence-corrected chi connectivity index (χ3v) is 2.86. The molecule has 1 rings (SSSR count). The maximum atomic E-state index is 9.03. The summed E-state index contributed by atoms with van der Waals surface area (Å²) >= 11 is 0. The van der Waals surface area contributed by atoms with Gasteiger partial charge >= 0.3 is 0 Å².